The zero-order valence-corrected chi connectivity index (χ0v) is 8.85. The third-order valence-electron chi connectivity index (χ3n) is 2.01. The number of hydrogen-bond donors (Lipinski definition) is 1. The van der Waals surface area contributed by atoms with Crippen molar-refractivity contribution < 1.29 is 9.21 Å². The minimum Gasteiger partial charge on any atom is -0.444 e. The molecule has 1 N–H and O–H groups in total. The van der Waals surface area contributed by atoms with Crippen molar-refractivity contribution in [1.82, 2.24) is 5.32 Å². The summed E-state index contributed by atoms with van der Waals surface area (Å²) in [6, 6.07) is 2.16. The molecule has 1 heterocycles. The largest absolute Gasteiger partial charge is 0.444 e. The van der Waals surface area contributed by atoms with Gasteiger partial charge in [-0.3, -0.25) is 4.79 Å². The topological polar surface area (TPSA) is 42.2 Å². The van der Waals surface area contributed by atoms with Gasteiger partial charge in [-0.15, -0.1) is 0 Å². The van der Waals surface area contributed by atoms with Gasteiger partial charge in [0.15, 0.2) is 10.4 Å². The van der Waals surface area contributed by atoms with Crippen LogP contribution in [0.2, 0.25) is 0 Å². The molecule has 0 bridgehead atoms. The second kappa shape index (κ2) is 3.18. The Labute approximate surface area is 84.6 Å². The molecule has 1 amide bonds. The Morgan fingerprint density at radius 2 is 2.38 bits per heavy atom. The summed E-state index contributed by atoms with van der Waals surface area (Å²) < 4.78 is 5.81. The van der Waals surface area contributed by atoms with Crippen LogP contribution in [-0.2, 0) is 0 Å². The molecule has 0 atom stereocenters. The van der Waals surface area contributed by atoms with Crippen LogP contribution in [0, 0.1) is 6.92 Å². The highest BCUT2D eigenvalue weighted by atomic mass is 79.9. The lowest BCUT2D eigenvalue weighted by atomic mass is 10.3. The van der Waals surface area contributed by atoms with Crippen molar-refractivity contribution in [3.63, 3.8) is 0 Å². The van der Waals surface area contributed by atoms with Crippen molar-refractivity contribution in [3.8, 4) is 0 Å². The fourth-order valence-electron chi connectivity index (χ4n) is 1.15. The lowest BCUT2D eigenvalue weighted by Crippen LogP contribution is -2.25. The number of amides is 1. The Morgan fingerprint density at radius 1 is 1.69 bits per heavy atom. The number of furan rings is 1. The smallest absolute Gasteiger partial charge is 0.287 e. The highest BCUT2D eigenvalue weighted by Crippen LogP contribution is 2.22. The third kappa shape index (κ3) is 1.94. The van der Waals surface area contributed by atoms with Crippen molar-refractivity contribution in [2.75, 3.05) is 0 Å². The molecule has 1 aliphatic carbocycles. The number of carbonyl (C=O) groups is 1. The van der Waals surface area contributed by atoms with Gasteiger partial charge in [0.05, 0.1) is 0 Å². The van der Waals surface area contributed by atoms with E-state index in [1.165, 1.54) is 0 Å². The number of rotatable bonds is 2. The number of hydrogen-bond acceptors (Lipinski definition) is 2. The number of carbonyl (C=O) groups excluding carboxylic acids is 1. The molecule has 4 heteroatoms. The third-order valence-corrected chi connectivity index (χ3v) is 2.40. The van der Waals surface area contributed by atoms with E-state index in [1.54, 1.807) is 6.07 Å². The molecule has 0 aliphatic heterocycles. The van der Waals surface area contributed by atoms with Crippen LogP contribution in [0.1, 0.15) is 29.0 Å². The summed E-state index contributed by atoms with van der Waals surface area (Å²) >= 11 is 3.19. The van der Waals surface area contributed by atoms with Gasteiger partial charge in [-0.25, -0.2) is 0 Å². The lowest BCUT2D eigenvalue weighted by molar-refractivity contribution is 0.0921. The zero-order valence-electron chi connectivity index (χ0n) is 7.26. The molecule has 0 unspecified atom stereocenters. The molecule has 1 aliphatic rings. The lowest BCUT2D eigenvalue weighted by Gasteiger charge is -1.99. The van der Waals surface area contributed by atoms with Gasteiger partial charge >= 0.3 is 0 Å². The van der Waals surface area contributed by atoms with E-state index in [-0.39, 0.29) is 5.91 Å². The Balaban J connectivity index is 2.13. The van der Waals surface area contributed by atoms with Gasteiger partial charge in [0.2, 0.25) is 0 Å². The van der Waals surface area contributed by atoms with Crippen LogP contribution < -0.4 is 5.32 Å². The van der Waals surface area contributed by atoms with Crippen LogP contribution in [0.5, 0.6) is 0 Å². The molecule has 13 heavy (non-hydrogen) atoms. The molecule has 2 rings (SSSR count). The fraction of sp³-hybridized carbons (Fsp3) is 0.444. The molecular weight excluding hydrogens is 234 g/mol. The summed E-state index contributed by atoms with van der Waals surface area (Å²) in [7, 11) is 0. The van der Waals surface area contributed by atoms with Crippen LogP contribution in [0.15, 0.2) is 15.2 Å². The Bertz CT molecular complexity index is 341. The Hall–Kier alpha value is -0.770. The van der Waals surface area contributed by atoms with Gasteiger partial charge in [0, 0.05) is 11.6 Å². The molecule has 0 spiro atoms. The highest BCUT2D eigenvalue weighted by molar-refractivity contribution is 9.10. The van der Waals surface area contributed by atoms with E-state index in [0.717, 1.165) is 18.4 Å². The van der Waals surface area contributed by atoms with Crippen molar-refractivity contribution in [1.29, 1.82) is 0 Å². The average Bonchev–Trinajstić information content (AvgIpc) is 2.77. The first-order valence-corrected chi connectivity index (χ1v) is 5.03. The summed E-state index contributed by atoms with van der Waals surface area (Å²) in [5.74, 6) is 0.310. The molecule has 1 fully saturated rings. The van der Waals surface area contributed by atoms with Crippen LogP contribution in [0.4, 0.5) is 0 Å². The van der Waals surface area contributed by atoms with E-state index in [0.29, 0.717) is 16.5 Å². The Kier molecular flexibility index (Phi) is 2.15. The maximum Gasteiger partial charge on any atom is 0.287 e. The quantitative estimate of drug-likeness (QED) is 0.866. The summed E-state index contributed by atoms with van der Waals surface area (Å²) in [5.41, 5.74) is 0.866. The molecule has 0 aromatic carbocycles. The van der Waals surface area contributed by atoms with Gasteiger partial charge in [-0.05, 0) is 41.8 Å². The first-order chi connectivity index (χ1) is 6.16. The van der Waals surface area contributed by atoms with Gasteiger partial charge in [0.1, 0.15) is 0 Å². The van der Waals surface area contributed by atoms with Crippen LogP contribution in [0.3, 0.4) is 0 Å². The van der Waals surface area contributed by atoms with Crippen LogP contribution >= 0.6 is 15.9 Å². The van der Waals surface area contributed by atoms with Gasteiger partial charge in [-0.2, -0.15) is 0 Å². The van der Waals surface area contributed by atoms with Crippen LogP contribution in [-0.4, -0.2) is 11.9 Å². The van der Waals surface area contributed by atoms with E-state index in [2.05, 4.69) is 21.2 Å². The number of aryl methyl sites for hydroxylation is 1. The second-order valence-corrected chi connectivity index (χ2v) is 4.09. The normalized spacial score (nSPS) is 15.8. The molecule has 0 saturated heterocycles. The number of nitrogens with one attached hydrogen (secondary N) is 1. The van der Waals surface area contributed by atoms with Crippen molar-refractivity contribution >= 4 is 21.8 Å². The van der Waals surface area contributed by atoms with Crippen molar-refractivity contribution in [3.05, 3.63) is 22.1 Å². The van der Waals surface area contributed by atoms with E-state index in [9.17, 15) is 4.79 Å². The van der Waals surface area contributed by atoms with Crippen molar-refractivity contribution in [2.24, 2.45) is 0 Å². The molecule has 0 radical (unpaired) electrons. The molecule has 1 aromatic heterocycles. The SMILES string of the molecule is Cc1cc(Br)oc1C(=O)NC1CC1. The van der Waals surface area contributed by atoms with Crippen molar-refractivity contribution in [2.45, 2.75) is 25.8 Å². The first-order valence-electron chi connectivity index (χ1n) is 4.23. The van der Waals surface area contributed by atoms with Gasteiger partial charge in [-0.1, -0.05) is 0 Å². The monoisotopic (exact) mass is 243 g/mol. The molecule has 3 nitrogen and oxygen atoms in total. The van der Waals surface area contributed by atoms with Crippen LogP contribution in [0.25, 0.3) is 0 Å². The molecule has 1 aromatic rings. The molecule has 70 valence electrons. The van der Waals surface area contributed by atoms with E-state index in [4.69, 9.17) is 4.42 Å². The fourth-order valence-corrected chi connectivity index (χ4v) is 1.65. The number of halogens is 1. The summed E-state index contributed by atoms with van der Waals surface area (Å²) in [4.78, 5) is 11.5. The van der Waals surface area contributed by atoms with Gasteiger partial charge < -0.3 is 9.73 Å². The van der Waals surface area contributed by atoms with Gasteiger partial charge in [0.25, 0.3) is 5.91 Å². The maximum absolute atomic E-state index is 11.5. The highest BCUT2D eigenvalue weighted by Gasteiger charge is 2.25. The summed E-state index contributed by atoms with van der Waals surface area (Å²) in [5, 5.41) is 2.87. The maximum atomic E-state index is 11.5. The second-order valence-electron chi connectivity index (χ2n) is 3.31. The van der Waals surface area contributed by atoms with E-state index < -0.39 is 0 Å². The zero-order chi connectivity index (χ0) is 9.42. The van der Waals surface area contributed by atoms with E-state index in [1.807, 2.05) is 6.92 Å². The minimum atomic E-state index is -0.106. The standard InChI is InChI=1S/C9H10BrNO2/c1-5-4-7(10)13-8(5)9(12)11-6-2-3-6/h4,6H,2-3H2,1H3,(H,11,12). The molecular formula is C9H10BrNO2. The minimum absolute atomic E-state index is 0.106. The molecule has 1 saturated carbocycles. The summed E-state index contributed by atoms with van der Waals surface area (Å²) in [6.07, 6.45) is 2.18. The average molecular weight is 244 g/mol. The predicted molar refractivity (Wildman–Crippen MR) is 51.6 cm³/mol. The Morgan fingerprint density at radius 3 is 2.85 bits per heavy atom. The predicted octanol–water partition coefficient (Wildman–Crippen LogP) is 2.24. The van der Waals surface area contributed by atoms with E-state index >= 15 is 0 Å². The first kappa shape index (κ1) is 8.81. The summed E-state index contributed by atoms with van der Waals surface area (Å²) in [6.45, 7) is 1.86.